The van der Waals surface area contributed by atoms with Gasteiger partial charge in [0.05, 0.1) is 6.54 Å². The zero-order chi connectivity index (χ0) is 17.7. The number of rotatable bonds is 5. The van der Waals surface area contributed by atoms with E-state index in [1.165, 1.54) is 10.9 Å². The highest BCUT2D eigenvalue weighted by Crippen LogP contribution is 2.33. The third kappa shape index (κ3) is 4.86. The number of fused-ring (bicyclic) bond motifs is 1. The molecule has 26 heavy (non-hydrogen) atoms. The Labute approximate surface area is 176 Å². The van der Waals surface area contributed by atoms with Gasteiger partial charge in [-0.2, -0.15) is 11.8 Å². The summed E-state index contributed by atoms with van der Waals surface area (Å²) in [5.41, 5.74) is 2.12. The fourth-order valence-electron chi connectivity index (χ4n) is 3.22. The largest absolute Gasteiger partial charge is 0.459 e. The van der Waals surface area contributed by atoms with Crippen molar-refractivity contribution in [2.75, 3.05) is 33.1 Å². The van der Waals surface area contributed by atoms with Gasteiger partial charge in [-0.3, -0.25) is 4.99 Å². The molecule has 0 amide bonds. The van der Waals surface area contributed by atoms with E-state index < -0.39 is 0 Å². The van der Waals surface area contributed by atoms with Gasteiger partial charge in [-0.15, -0.1) is 24.0 Å². The summed E-state index contributed by atoms with van der Waals surface area (Å²) >= 11 is 1.92. The van der Waals surface area contributed by atoms with Crippen LogP contribution in [0.15, 0.2) is 33.7 Å². The maximum absolute atomic E-state index is 5.96. The maximum Gasteiger partial charge on any atom is 0.191 e. The molecule has 0 unspecified atom stereocenters. The van der Waals surface area contributed by atoms with Crippen LogP contribution < -0.4 is 10.6 Å². The van der Waals surface area contributed by atoms with Crippen LogP contribution in [0.25, 0.3) is 11.0 Å². The summed E-state index contributed by atoms with van der Waals surface area (Å²) in [6.45, 7) is 5.29. The second kappa shape index (κ2) is 9.85. The number of halogens is 1. The van der Waals surface area contributed by atoms with Crippen LogP contribution >= 0.6 is 35.7 Å². The number of thioether (sulfide) groups is 1. The average molecular weight is 489 g/mol. The van der Waals surface area contributed by atoms with Crippen molar-refractivity contribution in [3.8, 4) is 0 Å². The van der Waals surface area contributed by atoms with Crippen molar-refractivity contribution in [1.82, 2.24) is 10.6 Å². The number of ether oxygens (including phenoxy) is 1. The minimum Gasteiger partial charge on any atom is -0.459 e. The molecule has 2 aromatic rings. The lowest BCUT2D eigenvalue weighted by Crippen LogP contribution is -2.47. The van der Waals surface area contributed by atoms with Gasteiger partial charge in [-0.1, -0.05) is 18.2 Å². The molecule has 0 atom stereocenters. The maximum atomic E-state index is 5.96. The quantitative estimate of drug-likeness (QED) is 0.379. The topological polar surface area (TPSA) is 58.8 Å². The van der Waals surface area contributed by atoms with E-state index in [4.69, 9.17) is 9.15 Å². The van der Waals surface area contributed by atoms with Crippen LogP contribution in [0, 0.1) is 6.92 Å². The van der Waals surface area contributed by atoms with Gasteiger partial charge in [0.2, 0.25) is 0 Å². The Hall–Kier alpha value is -0.930. The number of hydrogen-bond acceptors (Lipinski definition) is 4. The summed E-state index contributed by atoms with van der Waals surface area (Å²) in [5, 5.41) is 8.02. The normalized spacial score (nSPS) is 17.0. The minimum atomic E-state index is 0. The molecule has 1 aliphatic rings. The Morgan fingerprint density at radius 2 is 1.96 bits per heavy atom. The van der Waals surface area contributed by atoms with Crippen LogP contribution in [0.5, 0.6) is 0 Å². The van der Waals surface area contributed by atoms with E-state index in [-0.39, 0.29) is 28.7 Å². The predicted molar refractivity (Wildman–Crippen MR) is 121 cm³/mol. The highest BCUT2D eigenvalue weighted by Gasteiger charge is 2.31. The third-order valence-electron chi connectivity index (χ3n) is 5.00. The zero-order valence-corrected chi connectivity index (χ0v) is 18.8. The van der Waals surface area contributed by atoms with Crippen molar-refractivity contribution < 1.29 is 9.15 Å². The fourth-order valence-corrected chi connectivity index (χ4v) is 4.01. The lowest BCUT2D eigenvalue weighted by atomic mass is 9.99. The SMILES string of the molecule is CN=C(NCc1oc2ccccc2c1C)NCC1(SC)CCOCC1.I. The van der Waals surface area contributed by atoms with E-state index in [0.717, 1.165) is 49.9 Å². The molecule has 0 spiro atoms. The Morgan fingerprint density at radius 1 is 1.23 bits per heavy atom. The van der Waals surface area contributed by atoms with Gasteiger partial charge in [-0.25, -0.2) is 0 Å². The van der Waals surface area contributed by atoms with Crippen molar-refractivity contribution in [2.24, 2.45) is 4.99 Å². The first kappa shape index (κ1) is 21.4. The number of benzene rings is 1. The van der Waals surface area contributed by atoms with Gasteiger partial charge in [0.25, 0.3) is 0 Å². The Bertz CT molecular complexity index is 741. The Balaban J connectivity index is 0.00000243. The van der Waals surface area contributed by atoms with Crippen LogP contribution in [-0.2, 0) is 11.3 Å². The zero-order valence-electron chi connectivity index (χ0n) is 15.6. The van der Waals surface area contributed by atoms with E-state index in [1.807, 2.05) is 30.0 Å². The number of nitrogens with one attached hydrogen (secondary N) is 2. The smallest absolute Gasteiger partial charge is 0.191 e. The summed E-state index contributed by atoms with van der Waals surface area (Å²) in [4.78, 5) is 4.35. The second-order valence-electron chi connectivity index (χ2n) is 6.43. The summed E-state index contributed by atoms with van der Waals surface area (Å²) < 4.78 is 11.7. The number of para-hydroxylation sites is 1. The van der Waals surface area contributed by atoms with Crippen LogP contribution in [-0.4, -0.2) is 43.8 Å². The van der Waals surface area contributed by atoms with Crippen molar-refractivity contribution in [3.63, 3.8) is 0 Å². The lowest BCUT2D eigenvalue weighted by molar-refractivity contribution is 0.0783. The second-order valence-corrected chi connectivity index (χ2v) is 7.70. The highest BCUT2D eigenvalue weighted by molar-refractivity contribution is 14.0. The lowest BCUT2D eigenvalue weighted by Gasteiger charge is -2.36. The number of guanidine groups is 1. The molecule has 1 aliphatic heterocycles. The molecular weight excluding hydrogens is 461 g/mol. The molecule has 1 fully saturated rings. The van der Waals surface area contributed by atoms with Gasteiger partial charge in [0, 0.05) is 42.5 Å². The molecule has 2 heterocycles. The van der Waals surface area contributed by atoms with Crippen molar-refractivity contribution in [3.05, 3.63) is 35.6 Å². The summed E-state index contributed by atoms with van der Waals surface area (Å²) in [6.07, 6.45) is 4.32. The molecule has 5 nitrogen and oxygen atoms in total. The highest BCUT2D eigenvalue weighted by atomic mass is 127. The predicted octanol–water partition coefficient (Wildman–Crippen LogP) is 3.94. The molecular formula is C19H28IN3O2S. The van der Waals surface area contributed by atoms with Gasteiger partial charge >= 0.3 is 0 Å². The molecule has 144 valence electrons. The van der Waals surface area contributed by atoms with E-state index >= 15 is 0 Å². The van der Waals surface area contributed by atoms with Crippen LogP contribution in [0.3, 0.4) is 0 Å². The molecule has 0 aliphatic carbocycles. The molecule has 1 saturated heterocycles. The number of aliphatic imine (C=N–C) groups is 1. The van der Waals surface area contributed by atoms with E-state index in [9.17, 15) is 0 Å². The monoisotopic (exact) mass is 489 g/mol. The molecule has 3 rings (SSSR count). The van der Waals surface area contributed by atoms with Gasteiger partial charge in [0.15, 0.2) is 5.96 Å². The molecule has 1 aromatic carbocycles. The summed E-state index contributed by atoms with van der Waals surface area (Å²) in [7, 11) is 1.80. The number of hydrogen-bond donors (Lipinski definition) is 2. The van der Waals surface area contributed by atoms with Gasteiger partial charge in [0.1, 0.15) is 11.3 Å². The van der Waals surface area contributed by atoms with E-state index in [2.05, 4.69) is 34.9 Å². The van der Waals surface area contributed by atoms with E-state index in [1.54, 1.807) is 7.05 Å². The first-order valence-electron chi connectivity index (χ1n) is 8.72. The number of nitrogens with zero attached hydrogens (tertiary/aromatic N) is 1. The number of furan rings is 1. The third-order valence-corrected chi connectivity index (χ3v) is 6.42. The Kier molecular flexibility index (Phi) is 8.09. The molecule has 0 saturated carbocycles. The van der Waals surface area contributed by atoms with Crippen molar-refractivity contribution in [1.29, 1.82) is 0 Å². The summed E-state index contributed by atoms with van der Waals surface area (Å²) in [5.74, 6) is 1.76. The van der Waals surface area contributed by atoms with Gasteiger partial charge < -0.3 is 19.8 Å². The fraction of sp³-hybridized carbons (Fsp3) is 0.526. The first-order chi connectivity index (χ1) is 12.2. The number of aryl methyl sites for hydroxylation is 1. The van der Waals surface area contributed by atoms with Crippen molar-refractivity contribution >= 4 is 52.7 Å². The minimum absolute atomic E-state index is 0. The summed E-state index contributed by atoms with van der Waals surface area (Å²) in [6, 6.07) is 8.14. The molecule has 0 bridgehead atoms. The molecule has 1 aromatic heterocycles. The van der Waals surface area contributed by atoms with E-state index in [0.29, 0.717) is 6.54 Å². The standard InChI is InChI=1S/C19H27N3O2S.HI/c1-14-15-6-4-5-7-16(15)24-17(14)12-21-18(20-2)22-13-19(25-3)8-10-23-11-9-19;/h4-7H,8-13H2,1-3H3,(H2,20,21,22);1H. The van der Waals surface area contributed by atoms with Crippen LogP contribution in [0.1, 0.15) is 24.2 Å². The average Bonchev–Trinajstić information content (AvgIpc) is 2.99. The molecule has 2 N–H and O–H groups in total. The first-order valence-corrected chi connectivity index (χ1v) is 9.94. The van der Waals surface area contributed by atoms with Crippen molar-refractivity contribution in [2.45, 2.75) is 31.1 Å². The molecule has 7 heteroatoms. The van der Waals surface area contributed by atoms with Crippen LogP contribution in [0.4, 0.5) is 0 Å². The Morgan fingerprint density at radius 3 is 2.62 bits per heavy atom. The van der Waals surface area contributed by atoms with Crippen LogP contribution in [0.2, 0.25) is 0 Å². The molecule has 0 radical (unpaired) electrons. The van der Waals surface area contributed by atoms with Gasteiger partial charge in [-0.05, 0) is 32.1 Å².